The number of urea groups is 1. The maximum Gasteiger partial charge on any atom is 0.338 e. The molecule has 0 unspecified atom stereocenters. The number of hydrogen-bond donors (Lipinski definition) is 3. The van der Waals surface area contributed by atoms with Crippen molar-refractivity contribution in [2.75, 3.05) is 18.5 Å². The van der Waals surface area contributed by atoms with Crippen LogP contribution in [-0.4, -0.2) is 30.3 Å². The number of nitrogens with one attached hydrogen (secondary N) is 2. The van der Waals surface area contributed by atoms with E-state index in [0.29, 0.717) is 5.56 Å². The fourth-order valence-electron chi connectivity index (χ4n) is 1.49. The van der Waals surface area contributed by atoms with Crippen molar-refractivity contribution in [1.82, 2.24) is 5.32 Å². The molecule has 0 fully saturated rings. The van der Waals surface area contributed by atoms with Gasteiger partial charge in [-0.15, -0.1) is 0 Å². The van der Waals surface area contributed by atoms with Gasteiger partial charge in [0, 0.05) is 6.54 Å². The van der Waals surface area contributed by atoms with E-state index in [9.17, 15) is 14.0 Å². The molecule has 0 atom stereocenters. The first-order valence-corrected chi connectivity index (χ1v) is 5.50. The van der Waals surface area contributed by atoms with Crippen molar-refractivity contribution >= 4 is 17.7 Å². The fraction of sp³-hybridized carbons (Fsp3) is 0.333. The number of hydrogen-bond acceptors (Lipinski definition) is 2. The molecule has 0 aliphatic heterocycles. The molecule has 0 spiro atoms. The van der Waals surface area contributed by atoms with Gasteiger partial charge >= 0.3 is 12.0 Å². The summed E-state index contributed by atoms with van der Waals surface area (Å²) in [7, 11) is 0. The van der Waals surface area contributed by atoms with E-state index in [2.05, 4.69) is 10.6 Å². The van der Waals surface area contributed by atoms with Crippen molar-refractivity contribution in [3.8, 4) is 0 Å². The Kier molecular flexibility index (Phi) is 5.10. The van der Waals surface area contributed by atoms with Crippen LogP contribution < -0.4 is 10.6 Å². The van der Waals surface area contributed by atoms with Gasteiger partial charge < -0.3 is 15.7 Å². The molecular weight excluding hydrogens is 239 g/mol. The maximum absolute atomic E-state index is 11.8. The molecule has 5 nitrogen and oxygen atoms in total. The van der Waals surface area contributed by atoms with E-state index in [4.69, 9.17) is 5.11 Å². The first-order valence-electron chi connectivity index (χ1n) is 5.50. The van der Waals surface area contributed by atoms with Gasteiger partial charge in [0.25, 0.3) is 0 Å². The quantitative estimate of drug-likeness (QED) is 0.705. The highest BCUT2D eigenvalue weighted by Gasteiger charge is 2.14. The number of rotatable bonds is 5. The van der Waals surface area contributed by atoms with E-state index in [1.54, 1.807) is 19.1 Å². The van der Waals surface area contributed by atoms with Crippen molar-refractivity contribution in [3.05, 3.63) is 29.3 Å². The van der Waals surface area contributed by atoms with E-state index in [1.807, 2.05) is 0 Å². The number of alkyl halides is 1. The zero-order valence-corrected chi connectivity index (χ0v) is 10.00. The molecule has 0 heterocycles. The normalized spacial score (nSPS) is 9.89. The Balaban J connectivity index is 2.75. The summed E-state index contributed by atoms with van der Waals surface area (Å²) in [6.45, 7) is 1.34. The van der Waals surface area contributed by atoms with Crippen molar-refractivity contribution < 1.29 is 19.1 Å². The van der Waals surface area contributed by atoms with Crippen LogP contribution >= 0.6 is 0 Å². The molecule has 1 aromatic carbocycles. The minimum absolute atomic E-state index is 0.0538. The maximum atomic E-state index is 11.8. The van der Waals surface area contributed by atoms with Crippen LogP contribution in [0.1, 0.15) is 22.3 Å². The Hall–Kier alpha value is -2.11. The van der Waals surface area contributed by atoms with E-state index >= 15 is 0 Å². The highest BCUT2D eigenvalue weighted by molar-refractivity contribution is 6.01. The van der Waals surface area contributed by atoms with Crippen LogP contribution in [0, 0.1) is 6.92 Å². The average molecular weight is 254 g/mol. The van der Waals surface area contributed by atoms with E-state index < -0.39 is 18.7 Å². The summed E-state index contributed by atoms with van der Waals surface area (Å²) in [5, 5.41) is 13.9. The number of carbonyl (C=O) groups excluding carboxylic acids is 1. The molecule has 0 aliphatic carbocycles. The lowest BCUT2D eigenvalue weighted by atomic mass is 10.1. The number of carboxylic acids is 1. The van der Waals surface area contributed by atoms with Crippen molar-refractivity contribution in [1.29, 1.82) is 0 Å². The topological polar surface area (TPSA) is 78.4 Å². The molecule has 0 saturated heterocycles. The van der Waals surface area contributed by atoms with E-state index in [-0.39, 0.29) is 24.2 Å². The van der Waals surface area contributed by atoms with Crippen LogP contribution in [0.15, 0.2) is 18.2 Å². The van der Waals surface area contributed by atoms with Gasteiger partial charge in [-0.3, -0.25) is 4.39 Å². The lowest BCUT2D eigenvalue weighted by Crippen LogP contribution is -2.30. The standard InChI is InChI=1S/C12H15FN2O3/c1-8-4-2-5-9(10(8)11(16)17)15-12(18)14-7-3-6-13/h2,4-5H,3,6-7H2,1H3,(H,16,17)(H2,14,15,18). The molecule has 0 saturated carbocycles. The SMILES string of the molecule is Cc1cccc(NC(=O)NCCCF)c1C(=O)O. The summed E-state index contributed by atoms with van der Waals surface area (Å²) in [5.74, 6) is -1.10. The van der Waals surface area contributed by atoms with Gasteiger partial charge in [-0.05, 0) is 25.0 Å². The monoisotopic (exact) mass is 254 g/mol. The molecule has 0 radical (unpaired) electrons. The highest BCUT2D eigenvalue weighted by atomic mass is 19.1. The van der Waals surface area contributed by atoms with Crippen LogP contribution in [0.4, 0.5) is 14.9 Å². The summed E-state index contributed by atoms with van der Waals surface area (Å²) in [6.07, 6.45) is 0.229. The van der Waals surface area contributed by atoms with E-state index in [0.717, 1.165) is 0 Å². The number of aryl methyl sites for hydroxylation is 1. The molecule has 1 rings (SSSR count). The second kappa shape index (κ2) is 6.58. The summed E-state index contributed by atoms with van der Waals surface area (Å²) in [5.41, 5.74) is 0.836. The van der Waals surface area contributed by atoms with Crippen molar-refractivity contribution in [3.63, 3.8) is 0 Å². The molecule has 0 bridgehead atoms. The highest BCUT2D eigenvalue weighted by Crippen LogP contribution is 2.19. The smallest absolute Gasteiger partial charge is 0.338 e. The van der Waals surface area contributed by atoms with Gasteiger partial charge in [-0.2, -0.15) is 0 Å². The van der Waals surface area contributed by atoms with Gasteiger partial charge in [-0.25, -0.2) is 9.59 Å². The lowest BCUT2D eigenvalue weighted by molar-refractivity contribution is 0.0697. The number of carboxylic acid groups (broad SMARTS) is 1. The predicted molar refractivity (Wildman–Crippen MR) is 65.8 cm³/mol. The average Bonchev–Trinajstić information content (AvgIpc) is 2.28. The molecule has 1 aromatic rings. The van der Waals surface area contributed by atoms with Gasteiger partial charge in [-0.1, -0.05) is 12.1 Å². The van der Waals surface area contributed by atoms with Crippen molar-refractivity contribution in [2.45, 2.75) is 13.3 Å². The Bertz CT molecular complexity index is 449. The third kappa shape index (κ3) is 3.73. The number of aromatic carboxylic acids is 1. The van der Waals surface area contributed by atoms with Crippen LogP contribution in [-0.2, 0) is 0 Å². The molecule has 3 N–H and O–H groups in total. The molecule has 0 aliphatic rings. The first-order chi connectivity index (χ1) is 8.56. The summed E-state index contributed by atoms with van der Waals surface area (Å²) in [4.78, 5) is 22.5. The Labute approximate surface area is 104 Å². The summed E-state index contributed by atoms with van der Waals surface area (Å²) < 4.78 is 11.8. The van der Waals surface area contributed by atoms with Crippen LogP contribution in [0.3, 0.4) is 0 Å². The third-order valence-electron chi connectivity index (χ3n) is 2.33. The molecule has 6 heteroatoms. The molecule has 98 valence electrons. The number of amides is 2. The van der Waals surface area contributed by atoms with Gasteiger partial charge in [0.15, 0.2) is 0 Å². The predicted octanol–water partition coefficient (Wildman–Crippen LogP) is 2.17. The van der Waals surface area contributed by atoms with Crippen LogP contribution in [0.2, 0.25) is 0 Å². The molecule has 2 amide bonds. The minimum atomic E-state index is -1.10. The number of carbonyl (C=O) groups is 2. The summed E-state index contributed by atoms with van der Waals surface area (Å²) in [6, 6.07) is 4.26. The Morgan fingerprint density at radius 1 is 1.39 bits per heavy atom. The Morgan fingerprint density at radius 2 is 2.11 bits per heavy atom. The number of halogens is 1. The molecule has 0 aromatic heterocycles. The van der Waals surface area contributed by atoms with E-state index in [1.165, 1.54) is 6.07 Å². The molecule has 18 heavy (non-hydrogen) atoms. The van der Waals surface area contributed by atoms with Crippen LogP contribution in [0.25, 0.3) is 0 Å². The summed E-state index contributed by atoms with van der Waals surface area (Å²) >= 11 is 0. The van der Waals surface area contributed by atoms with Gasteiger partial charge in [0.2, 0.25) is 0 Å². The first kappa shape index (κ1) is 14.0. The fourth-order valence-corrected chi connectivity index (χ4v) is 1.49. The third-order valence-corrected chi connectivity index (χ3v) is 2.33. The van der Waals surface area contributed by atoms with Gasteiger partial charge in [0.1, 0.15) is 0 Å². The zero-order chi connectivity index (χ0) is 13.5. The second-order valence-corrected chi connectivity index (χ2v) is 3.73. The van der Waals surface area contributed by atoms with Gasteiger partial charge in [0.05, 0.1) is 17.9 Å². The minimum Gasteiger partial charge on any atom is -0.478 e. The zero-order valence-electron chi connectivity index (χ0n) is 10.00. The molecular formula is C12H15FN2O3. The second-order valence-electron chi connectivity index (χ2n) is 3.73. The van der Waals surface area contributed by atoms with Crippen molar-refractivity contribution in [2.24, 2.45) is 0 Å². The largest absolute Gasteiger partial charge is 0.478 e. The number of benzene rings is 1. The number of anilines is 1. The lowest BCUT2D eigenvalue weighted by Gasteiger charge is -2.11. The Morgan fingerprint density at radius 3 is 2.72 bits per heavy atom. The van der Waals surface area contributed by atoms with Crippen LogP contribution in [0.5, 0.6) is 0 Å².